The first kappa shape index (κ1) is 10.9. The number of amides is 1. The molecule has 0 aromatic carbocycles. The topological polar surface area (TPSA) is 32.3 Å². The summed E-state index contributed by atoms with van der Waals surface area (Å²) >= 11 is 0. The van der Waals surface area contributed by atoms with E-state index in [9.17, 15) is 4.79 Å². The molecule has 2 aliphatic heterocycles. The molecule has 0 aromatic heterocycles. The van der Waals surface area contributed by atoms with Crippen LogP contribution in [0.4, 0.5) is 0 Å². The fourth-order valence-corrected chi connectivity index (χ4v) is 2.60. The van der Waals surface area contributed by atoms with Gasteiger partial charge in [0, 0.05) is 25.6 Å². The maximum absolute atomic E-state index is 11.9. The number of hydrogen-bond acceptors (Lipinski definition) is 2. The summed E-state index contributed by atoms with van der Waals surface area (Å²) in [6.45, 7) is 3.14. The van der Waals surface area contributed by atoms with Gasteiger partial charge in [-0.25, -0.2) is 0 Å². The fraction of sp³-hybridized carbons (Fsp3) is 0.917. The number of carbonyl (C=O) groups excluding carboxylic acids is 1. The summed E-state index contributed by atoms with van der Waals surface area (Å²) in [6.07, 6.45) is 8.03. The zero-order valence-electron chi connectivity index (χ0n) is 9.50. The minimum atomic E-state index is 0.378. The van der Waals surface area contributed by atoms with Crippen LogP contribution in [0.5, 0.6) is 0 Å². The van der Waals surface area contributed by atoms with E-state index in [1.807, 2.05) is 0 Å². The van der Waals surface area contributed by atoms with Crippen LogP contribution in [-0.4, -0.2) is 36.5 Å². The maximum atomic E-state index is 11.9. The van der Waals surface area contributed by atoms with Crippen molar-refractivity contribution in [1.82, 2.24) is 10.2 Å². The predicted octanol–water partition coefficient (Wildman–Crippen LogP) is 1.53. The summed E-state index contributed by atoms with van der Waals surface area (Å²) in [5.74, 6) is 0.378. The van der Waals surface area contributed by atoms with Crippen LogP contribution in [0.25, 0.3) is 0 Å². The van der Waals surface area contributed by atoms with Gasteiger partial charge in [-0.15, -0.1) is 0 Å². The molecular formula is C12H22N2O. The molecule has 3 heteroatoms. The Morgan fingerprint density at radius 3 is 2.67 bits per heavy atom. The third-order valence-corrected chi connectivity index (χ3v) is 3.58. The highest BCUT2D eigenvalue weighted by molar-refractivity contribution is 5.76. The molecule has 86 valence electrons. The molecule has 0 aromatic rings. The zero-order chi connectivity index (χ0) is 10.5. The van der Waals surface area contributed by atoms with Gasteiger partial charge in [0.2, 0.25) is 5.91 Å². The van der Waals surface area contributed by atoms with Gasteiger partial charge in [0.1, 0.15) is 0 Å². The van der Waals surface area contributed by atoms with Gasteiger partial charge in [0.05, 0.1) is 0 Å². The lowest BCUT2D eigenvalue weighted by Gasteiger charge is -2.27. The Kier molecular flexibility index (Phi) is 4.01. The quantitative estimate of drug-likeness (QED) is 0.766. The van der Waals surface area contributed by atoms with Crippen LogP contribution in [0, 0.1) is 0 Å². The van der Waals surface area contributed by atoms with Gasteiger partial charge in [-0.3, -0.25) is 4.79 Å². The van der Waals surface area contributed by atoms with Gasteiger partial charge in [0.15, 0.2) is 0 Å². The average molecular weight is 210 g/mol. The molecule has 15 heavy (non-hydrogen) atoms. The highest BCUT2D eigenvalue weighted by atomic mass is 16.2. The Morgan fingerprint density at radius 1 is 1.20 bits per heavy atom. The number of nitrogens with one attached hydrogen (secondary N) is 1. The molecule has 0 spiro atoms. The van der Waals surface area contributed by atoms with E-state index in [4.69, 9.17) is 0 Å². The Bertz CT molecular complexity index is 206. The second-order valence-electron chi connectivity index (χ2n) is 4.77. The second-order valence-corrected chi connectivity index (χ2v) is 4.77. The van der Waals surface area contributed by atoms with Crippen molar-refractivity contribution in [2.45, 2.75) is 51.0 Å². The first-order valence-corrected chi connectivity index (χ1v) is 6.37. The van der Waals surface area contributed by atoms with Crippen LogP contribution in [0.1, 0.15) is 44.9 Å². The summed E-state index contributed by atoms with van der Waals surface area (Å²) in [5, 5.41) is 3.44. The minimum absolute atomic E-state index is 0.378. The van der Waals surface area contributed by atoms with E-state index in [1.165, 1.54) is 32.1 Å². The van der Waals surface area contributed by atoms with E-state index >= 15 is 0 Å². The van der Waals surface area contributed by atoms with Crippen LogP contribution < -0.4 is 5.32 Å². The third-order valence-electron chi connectivity index (χ3n) is 3.58. The van der Waals surface area contributed by atoms with Crippen molar-refractivity contribution in [2.75, 3.05) is 19.6 Å². The summed E-state index contributed by atoms with van der Waals surface area (Å²) in [7, 11) is 0. The van der Waals surface area contributed by atoms with E-state index < -0.39 is 0 Å². The second kappa shape index (κ2) is 5.50. The Balaban J connectivity index is 1.66. The van der Waals surface area contributed by atoms with Crippen molar-refractivity contribution in [3.05, 3.63) is 0 Å². The molecule has 0 aliphatic carbocycles. The van der Waals surface area contributed by atoms with Crippen LogP contribution in [0.15, 0.2) is 0 Å². The number of likely N-dealkylation sites (tertiary alicyclic amines) is 1. The van der Waals surface area contributed by atoms with Crippen molar-refractivity contribution in [1.29, 1.82) is 0 Å². The average Bonchev–Trinajstić information content (AvgIpc) is 2.80. The molecule has 2 aliphatic rings. The van der Waals surface area contributed by atoms with Crippen LogP contribution in [0.3, 0.4) is 0 Å². The van der Waals surface area contributed by atoms with E-state index in [1.54, 1.807) is 0 Å². The third kappa shape index (κ3) is 3.20. The normalized spacial score (nSPS) is 26.9. The van der Waals surface area contributed by atoms with Gasteiger partial charge in [-0.2, -0.15) is 0 Å². The van der Waals surface area contributed by atoms with E-state index in [-0.39, 0.29) is 0 Å². The maximum Gasteiger partial charge on any atom is 0.222 e. The molecule has 0 saturated carbocycles. The van der Waals surface area contributed by atoms with Crippen LogP contribution >= 0.6 is 0 Å². The van der Waals surface area contributed by atoms with Gasteiger partial charge >= 0.3 is 0 Å². The van der Waals surface area contributed by atoms with Crippen LogP contribution in [-0.2, 0) is 4.79 Å². The molecule has 2 saturated heterocycles. The standard InChI is InChI=1S/C12H22N2O/c15-12(14-9-2-1-3-10-14)7-6-11-5-4-8-13-11/h11,13H,1-10H2/t11-/m1/s1. The summed E-state index contributed by atoms with van der Waals surface area (Å²) in [4.78, 5) is 13.9. The van der Waals surface area contributed by atoms with Crippen molar-refractivity contribution in [3.8, 4) is 0 Å². The smallest absolute Gasteiger partial charge is 0.222 e. The van der Waals surface area contributed by atoms with Gasteiger partial charge in [-0.05, 0) is 45.1 Å². The fourth-order valence-electron chi connectivity index (χ4n) is 2.60. The number of rotatable bonds is 3. The monoisotopic (exact) mass is 210 g/mol. The van der Waals surface area contributed by atoms with Crippen molar-refractivity contribution in [3.63, 3.8) is 0 Å². The van der Waals surface area contributed by atoms with Gasteiger partial charge < -0.3 is 10.2 Å². The number of carbonyl (C=O) groups is 1. The Morgan fingerprint density at radius 2 is 2.00 bits per heavy atom. The number of nitrogens with zero attached hydrogens (tertiary/aromatic N) is 1. The molecule has 2 heterocycles. The van der Waals surface area contributed by atoms with E-state index in [2.05, 4.69) is 10.2 Å². The lowest BCUT2D eigenvalue weighted by Crippen LogP contribution is -2.36. The highest BCUT2D eigenvalue weighted by Crippen LogP contribution is 2.14. The SMILES string of the molecule is O=C(CC[C@H]1CCCN1)N1CCCCC1. The summed E-state index contributed by atoms with van der Waals surface area (Å²) in [6, 6.07) is 0.610. The van der Waals surface area contributed by atoms with Crippen molar-refractivity contribution < 1.29 is 4.79 Å². The van der Waals surface area contributed by atoms with E-state index in [0.717, 1.165) is 32.5 Å². The molecule has 0 radical (unpaired) electrons. The van der Waals surface area contributed by atoms with Crippen molar-refractivity contribution >= 4 is 5.91 Å². The molecule has 2 fully saturated rings. The van der Waals surface area contributed by atoms with E-state index in [0.29, 0.717) is 11.9 Å². The van der Waals surface area contributed by atoms with Crippen LogP contribution in [0.2, 0.25) is 0 Å². The zero-order valence-corrected chi connectivity index (χ0v) is 9.50. The molecule has 0 bridgehead atoms. The minimum Gasteiger partial charge on any atom is -0.343 e. The first-order chi connectivity index (χ1) is 7.36. The summed E-state index contributed by atoms with van der Waals surface area (Å²) < 4.78 is 0. The molecule has 1 amide bonds. The summed E-state index contributed by atoms with van der Waals surface area (Å²) in [5.41, 5.74) is 0. The molecule has 1 atom stereocenters. The lowest BCUT2D eigenvalue weighted by atomic mass is 10.1. The lowest BCUT2D eigenvalue weighted by molar-refractivity contribution is -0.132. The molecule has 2 rings (SSSR count). The predicted molar refractivity (Wildman–Crippen MR) is 60.7 cm³/mol. The number of piperidine rings is 1. The first-order valence-electron chi connectivity index (χ1n) is 6.37. The molecular weight excluding hydrogens is 188 g/mol. The molecule has 0 unspecified atom stereocenters. The Hall–Kier alpha value is -0.570. The van der Waals surface area contributed by atoms with Gasteiger partial charge in [-0.1, -0.05) is 0 Å². The van der Waals surface area contributed by atoms with Gasteiger partial charge in [0.25, 0.3) is 0 Å². The largest absolute Gasteiger partial charge is 0.343 e. The highest BCUT2D eigenvalue weighted by Gasteiger charge is 2.19. The number of hydrogen-bond donors (Lipinski definition) is 1. The Labute approximate surface area is 92.2 Å². The van der Waals surface area contributed by atoms with Crippen molar-refractivity contribution in [2.24, 2.45) is 0 Å². The molecule has 3 nitrogen and oxygen atoms in total. The molecule has 1 N–H and O–H groups in total.